The highest BCUT2D eigenvalue weighted by molar-refractivity contribution is 9.10. The Morgan fingerprint density at radius 3 is 2.60 bits per heavy atom. The van der Waals surface area contributed by atoms with Crippen molar-refractivity contribution in [3.05, 3.63) is 28.2 Å². The van der Waals surface area contributed by atoms with Gasteiger partial charge < -0.3 is 4.74 Å². The highest BCUT2D eigenvalue weighted by Gasteiger charge is 2.50. The lowest BCUT2D eigenvalue weighted by atomic mass is 9.91. The molecule has 0 aromatic heterocycles. The number of carbonyl (C=O) groups excluding carboxylic acids is 1. The summed E-state index contributed by atoms with van der Waals surface area (Å²) in [6.45, 7) is 1.66. The molecule has 0 aliphatic heterocycles. The van der Waals surface area contributed by atoms with Crippen molar-refractivity contribution in [1.82, 2.24) is 0 Å². The van der Waals surface area contributed by atoms with Crippen molar-refractivity contribution >= 4 is 21.7 Å². The third kappa shape index (κ3) is 1.69. The fourth-order valence-corrected chi connectivity index (χ4v) is 2.35. The maximum Gasteiger partial charge on any atom is 0.140 e. The third-order valence-corrected chi connectivity index (χ3v) is 3.59. The minimum Gasteiger partial charge on any atom is -0.496 e. The lowest BCUT2D eigenvalue weighted by Crippen LogP contribution is -2.17. The zero-order valence-electron chi connectivity index (χ0n) is 8.84. The van der Waals surface area contributed by atoms with Gasteiger partial charge in [0.1, 0.15) is 11.5 Å². The molecule has 1 fully saturated rings. The minimum atomic E-state index is -0.269. The first-order valence-electron chi connectivity index (χ1n) is 4.95. The summed E-state index contributed by atoms with van der Waals surface area (Å²) < 4.78 is 6.30. The van der Waals surface area contributed by atoms with E-state index in [1.807, 2.05) is 18.2 Å². The molecule has 0 heterocycles. The summed E-state index contributed by atoms with van der Waals surface area (Å²) in [5.74, 6) is 1.05. The van der Waals surface area contributed by atoms with Crippen molar-refractivity contribution < 1.29 is 9.53 Å². The Morgan fingerprint density at radius 1 is 1.47 bits per heavy atom. The van der Waals surface area contributed by atoms with Crippen LogP contribution in [0.4, 0.5) is 0 Å². The second-order valence-corrected chi connectivity index (χ2v) is 4.90. The average molecular weight is 269 g/mol. The van der Waals surface area contributed by atoms with Gasteiger partial charge in [0.2, 0.25) is 0 Å². The average Bonchev–Trinajstić information content (AvgIpc) is 2.98. The van der Waals surface area contributed by atoms with E-state index in [1.54, 1.807) is 14.0 Å². The SMILES string of the molecule is COc1ccc(Br)cc1C1(C(C)=O)CC1. The number of ether oxygens (including phenoxy) is 1. The Hall–Kier alpha value is -0.830. The second kappa shape index (κ2) is 3.63. The molecule has 1 aliphatic rings. The van der Waals surface area contributed by atoms with Crippen molar-refractivity contribution in [3.8, 4) is 5.75 Å². The van der Waals surface area contributed by atoms with Crippen LogP contribution in [0.5, 0.6) is 5.75 Å². The number of benzene rings is 1. The molecule has 1 aromatic rings. The molecule has 2 rings (SSSR count). The van der Waals surface area contributed by atoms with Crippen LogP contribution in [0.15, 0.2) is 22.7 Å². The molecule has 1 saturated carbocycles. The van der Waals surface area contributed by atoms with Crippen LogP contribution in [-0.2, 0) is 10.2 Å². The summed E-state index contributed by atoms with van der Waals surface area (Å²) in [5, 5.41) is 0. The van der Waals surface area contributed by atoms with Crippen LogP contribution in [0.2, 0.25) is 0 Å². The molecule has 0 N–H and O–H groups in total. The first-order valence-corrected chi connectivity index (χ1v) is 5.74. The highest BCUT2D eigenvalue weighted by atomic mass is 79.9. The van der Waals surface area contributed by atoms with Crippen LogP contribution >= 0.6 is 15.9 Å². The van der Waals surface area contributed by atoms with E-state index in [9.17, 15) is 4.79 Å². The predicted octanol–water partition coefficient (Wildman–Crippen LogP) is 3.08. The molecular formula is C12H13BrO2. The maximum absolute atomic E-state index is 11.6. The maximum atomic E-state index is 11.6. The number of halogens is 1. The summed E-state index contributed by atoms with van der Waals surface area (Å²) in [4.78, 5) is 11.6. The van der Waals surface area contributed by atoms with Gasteiger partial charge in [0, 0.05) is 10.0 Å². The van der Waals surface area contributed by atoms with E-state index in [-0.39, 0.29) is 11.2 Å². The molecule has 1 aromatic carbocycles. The number of ketones is 1. The number of hydrogen-bond donors (Lipinski definition) is 0. The van der Waals surface area contributed by atoms with E-state index in [0.29, 0.717) is 0 Å². The Bertz CT molecular complexity index is 408. The summed E-state index contributed by atoms with van der Waals surface area (Å²) >= 11 is 3.43. The van der Waals surface area contributed by atoms with Crippen LogP contribution in [0, 0.1) is 0 Å². The van der Waals surface area contributed by atoms with Gasteiger partial charge in [0.25, 0.3) is 0 Å². The predicted molar refractivity (Wildman–Crippen MR) is 62.3 cm³/mol. The zero-order valence-corrected chi connectivity index (χ0v) is 10.4. The molecule has 0 spiro atoms. The number of carbonyl (C=O) groups is 1. The van der Waals surface area contributed by atoms with Crippen molar-refractivity contribution in [2.75, 3.05) is 7.11 Å². The van der Waals surface area contributed by atoms with Crippen LogP contribution in [0.1, 0.15) is 25.3 Å². The molecule has 0 saturated heterocycles. The van der Waals surface area contributed by atoms with Gasteiger partial charge in [-0.25, -0.2) is 0 Å². The lowest BCUT2D eigenvalue weighted by Gasteiger charge is -2.16. The smallest absolute Gasteiger partial charge is 0.140 e. The van der Waals surface area contributed by atoms with Crippen LogP contribution in [-0.4, -0.2) is 12.9 Å². The van der Waals surface area contributed by atoms with E-state index in [2.05, 4.69) is 15.9 Å². The first kappa shape index (κ1) is 10.7. The highest BCUT2D eigenvalue weighted by Crippen LogP contribution is 2.52. The van der Waals surface area contributed by atoms with Crippen molar-refractivity contribution in [2.45, 2.75) is 25.2 Å². The molecule has 2 nitrogen and oxygen atoms in total. The van der Waals surface area contributed by atoms with Crippen LogP contribution < -0.4 is 4.74 Å². The molecule has 80 valence electrons. The Kier molecular flexibility index (Phi) is 2.59. The molecule has 0 unspecified atom stereocenters. The van der Waals surface area contributed by atoms with Gasteiger partial charge in [-0.05, 0) is 38.0 Å². The van der Waals surface area contributed by atoms with E-state index in [0.717, 1.165) is 28.6 Å². The van der Waals surface area contributed by atoms with Crippen molar-refractivity contribution in [3.63, 3.8) is 0 Å². The largest absolute Gasteiger partial charge is 0.496 e. The summed E-state index contributed by atoms with van der Waals surface area (Å²) in [5.41, 5.74) is 0.752. The van der Waals surface area contributed by atoms with Crippen LogP contribution in [0.3, 0.4) is 0 Å². The number of hydrogen-bond acceptors (Lipinski definition) is 2. The fraction of sp³-hybridized carbons (Fsp3) is 0.417. The number of Topliss-reactive ketones (excluding diaryl/α,β-unsaturated/α-hetero) is 1. The van der Waals surface area contributed by atoms with Gasteiger partial charge in [-0.15, -0.1) is 0 Å². The molecule has 0 radical (unpaired) electrons. The molecule has 0 amide bonds. The molecule has 3 heteroatoms. The lowest BCUT2D eigenvalue weighted by molar-refractivity contribution is -0.119. The molecule has 15 heavy (non-hydrogen) atoms. The Morgan fingerprint density at radius 2 is 2.13 bits per heavy atom. The fourth-order valence-electron chi connectivity index (χ4n) is 1.99. The standard InChI is InChI=1S/C12H13BrO2/c1-8(14)12(5-6-12)10-7-9(13)3-4-11(10)15-2/h3-4,7H,5-6H2,1-2H3. The molecular weight excluding hydrogens is 256 g/mol. The van der Waals surface area contributed by atoms with Crippen molar-refractivity contribution in [1.29, 1.82) is 0 Å². The van der Waals surface area contributed by atoms with E-state index in [4.69, 9.17) is 4.74 Å². The molecule has 0 atom stereocenters. The van der Waals surface area contributed by atoms with E-state index >= 15 is 0 Å². The van der Waals surface area contributed by atoms with Gasteiger partial charge in [-0.2, -0.15) is 0 Å². The van der Waals surface area contributed by atoms with Crippen LogP contribution in [0.25, 0.3) is 0 Å². The van der Waals surface area contributed by atoms with E-state index in [1.165, 1.54) is 0 Å². The minimum absolute atomic E-state index is 0.235. The first-order chi connectivity index (χ1) is 7.10. The topological polar surface area (TPSA) is 26.3 Å². The van der Waals surface area contributed by atoms with Gasteiger partial charge >= 0.3 is 0 Å². The van der Waals surface area contributed by atoms with Crippen molar-refractivity contribution in [2.24, 2.45) is 0 Å². The third-order valence-electron chi connectivity index (χ3n) is 3.10. The summed E-state index contributed by atoms with van der Waals surface area (Å²) in [6.07, 6.45) is 1.88. The van der Waals surface area contributed by atoms with Gasteiger partial charge in [-0.1, -0.05) is 15.9 Å². The second-order valence-electron chi connectivity index (χ2n) is 3.98. The Balaban J connectivity index is 2.51. The Labute approximate surface area is 97.8 Å². The summed E-state index contributed by atoms with van der Waals surface area (Å²) in [7, 11) is 1.64. The van der Waals surface area contributed by atoms with Gasteiger partial charge in [-0.3, -0.25) is 4.79 Å². The molecule has 1 aliphatic carbocycles. The quantitative estimate of drug-likeness (QED) is 0.842. The van der Waals surface area contributed by atoms with Gasteiger partial charge in [0.15, 0.2) is 0 Å². The zero-order chi connectivity index (χ0) is 11.1. The number of methoxy groups -OCH3 is 1. The number of rotatable bonds is 3. The summed E-state index contributed by atoms with van der Waals surface area (Å²) in [6, 6.07) is 5.83. The normalized spacial score (nSPS) is 17.3. The molecule has 0 bridgehead atoms. The van der Waals surface area contributed by atoms with E-state index < -0.39 is 0 Å². The van der Waals surface area contributed by atoms with Gasteiger partial charge in [0.05, 0.1) is 12.5 Å². The monoisotopic (exact) mass is 268 g/mol.